The van der Waals surface area contributed by atoms with E-state index in [-0.39, 0.29) is 88.0 Å². The molecule has 0 radical (unpaired) electrons. The van der Waals surface area contributed by atoms with E-state index in [0.29, 0.717) is 6.54 Å². The number of carbonyl (C=O) groups excluding carboxylic acids is 8. The van der Waals surface area contributed by atoms with Crippen LogP contribution in [0.15, 0.2) is 121 Å². The first-order valence-electron chi connectivity index (χ1n) is 24.4. The molecule has 2 unspecified atom stereocenters. The fourth-order valence-electron chi connectivity index (χ4n) is 6.99. The van der Waals surface area contributed by atoms with Gasteiger partial charge in [0.1, 0.15) is 98.0 Å². The van der Waals surface area contributed by atoms with Gasteiger partial charge in [-0.2, -0.15) is 0 Å². The highest BCUT2D eigenvalue weighted by Gasteiger charge is 2.31. The van der Waals surface area contributed by atoms with E-state index in [9.17, 15) is 53.7 Å². The molecule has 4 rings (SSSR count). The van der Waals surface area contributed by atoms with Gasteiger partial charge in [0.25, 0.3) is 0 Å². The predicted octanol–water partition coefficient (Wildman–Crippen LogP) is 2.92. The smallest absolute Gasteiger partial charge is 0.317 e. The number of benzene rings is 4. The van der Waals surface area contributed by atoms with E-state index in [1.807, 2.05) is 24.3 Å². The zero-order valence-electron chi connectivity index (χ0n) is 43.2. The van der Waals surface area contributed by atoms with Gasteiger partial charge in [0, 0.05) is 0 Å². The van der Waals surface area contributed by atoms with E-state index in [1.165, 1.54) is 0 Å². The first-order valence-corrected chi connectivity index (χ1v) is 24.4. The van der Waals surface area contributed by atoms with Crippen LogP contribution >= 0.6 is 0 Å². The van der Waals surface area contributed by atoms with Crippen molar-refractivity contribution in [1.29, 1.82) is 0 Å². The minimum absolute atomic E-state index is 0.00364. The molecule has 0 saturated heterocycles. The molecule has 0 aliphatic carbocycles. The van der Waals surface area contributed by atoms with E-state index in [4.69, 9.17) is 37.9 Å². The molecule has 0 spiro atoms. The van der Waals surface area contributed by atoms with Crippen LogP contribution < -0.4 is 0 Å². The average molecular weight is 1060 g/mol. The number of ether oxygens (including phenoxy) is 8. The molecule has 2 atom stereocenters. The van der Waals surface area contributed by atoms with Crippen LogP contribution in [-0.2, 0) is 103 Å². The zero-order chi connectivity index (χ0) is 55.6. The maximum absolute atomic E-state index is 12.5. The van der Waals surface area contributed by atoms with Crippen LogP contribution in [0, 0.1) is 0 Å². The summed E-state index contributed by atoms with van der Waals surface area (Å²) < 4.78 is 41.8. The lowest BCUT2D eigenvalue weighted by atomic mass is 10.2. The van der Waals surface area contributed by atoms with Crippen LogP contribution in [0.1, 0.15) is 47.9 Å². The number of hydrogen-bond donors (Lipinski definition) is 3. The van der Waals surface area contributed by atoms with Crippen molar-refractivity contribution >= 4 is 47.8 Å². The maximum Gasteiger partial charge on any atom is 0.317 e. The molecule has 76 heavy (non-hydrogen) atoms. The summed E-state index contributed by atoms with van der Waals surface area (Å²) in [5.74, 6) is -6.52. The monoisotopic (exact) mass is 1060 g/mol. The molecule has 4 aromatic rings. The lowest BCUT2D eigenvalue weighted by Gasteiger charge is -2.36. The van der Waals surface area contributed by atoms with Crippen LogP contribution in [0.25, 0.3) is 0 Å². The predicted molar refractivity (Wildman–Crippen MR) is 269 cm³/mol. The van der Waals surface area contributed by atoms with Crippen LogP contribution in [-0.4, -0.2) is 171 Å². The third-order valence-electron chi connectivity index (χ3n) is 10.9. The molecule has 0 heterocycles. The van der Waals surface area contributed by atoms with Gasteiger partial charge in [0.05, 0.1) is 41.0 Å². The van der Waals surface area contributed by atoms with E-state index < -0.39 is 92.3 Å². The fourth-order valence-corrected chi connectivity index (χ4v) is 6.99. The summed E-state index contributed by atoms with van der Waals surface area (Å²) in [5.41, 5.74) is 3.08. The Labute approximate surface area is 441 Å². The van der Waals surface area contributed by atoms with Crippen LogP contribution in [0.3, 0.4) is 0 Å². The maximum atomic E-state index is 12.5. The van der Waals surface area contributed by atoms with Gasteiger partial charge in [-0.05, 0) is 22.3 Å². The summed E-state index contributed by atoms with van der Waals surface area (Å²) in [4.78, 5) is 97.4. The van der Waals surface area contributed by atoms with Crippen LogP contribution in [0.2, 0.25) is 0 Å². The van der Waals surface area contributed by atoms with Gasteiger partial charge in [-0.25, -0.2) is 0 Å². The normalized spacial score (nSPS) is 11.8. The Hall–Kier alpha value is -7.56. The lowest BCUT2D eigenvalue weighted by Crippen LogP contribution is -2.54. The van der Waals surface area contributed by atoms with E-state index >= 15 is 0 Å². The Balaban J connectivity index is 0.000000401. The largest absolute Gasteiger partial charge is 0.461 e. The van der Waals surface area contributed by atoms with Crippen molar-refractivity contribution in [1.82, 2.24) is 0 Å². The second-order valence-corrected chi connectivity index (χ2v) is 18.1. The molecule has 3 N–H and O–H groups in total. The first-order chi connectivity index (χ1) is 36.4. The summed E-state index contributed by atoms with van der Waals surface area (Å²) in [5, 5.41) is 28.2. The van der Waals surface area contributed by atoms with Gasteiger partial charge in [-0.15, -0.1) is 0 Å². The average Bonchev–Trinajstić information content (AvgIpc) is 3.38. The van der Waals surface area contributed by atoms with Crippen molar-refractivity contribution in [2.75, 3.05) is 86.9 Å². The van der Waals surface area contributed by atoms with Crippen molar-refractivity contribution < 1.29 is 101 Å². The number of nitrogens with zero attached hydrogens (tertiary/aromatic N) is 2. The van der Waals surface area contributed by atoms with E-state index in [1.54, 1.807) is 118 Å². The van der Waals surface area contributed by atoms with Crippen LogP contribution in [0.4, 0.5) is 0 Å². The van der Waals surface area contributed by atoms with Gasteiger partial charge in [-0.3, -0.25) is 38.4 Å². The Morgan fingerprint density at radius 2 is 0.632 bits per heavy atom. The Bertz CT molecular complexity index is 2380. The summed E-state index contributed by atoms with van der Waals surface area (Å²) in [6, 6.07) is 35.9. The van der Waals surface area contributed by atoms with Gasteiger partial charge >= 0.3 is 47.8 Å². The highest BCUT2D eigenvalue weighted by Crippen LogP contribution is 2.12. The van der Waals surface area contributed by atoms with Gasteiger partial charge in [0.2, 0.25) is 0 Å². The Morgan fingerprint density at radius 1 is 0.368 bits per heavy atom. The molecule has 21 heteroatoms. The third kappa shape index (κ3) is 28.2. The lowest BCUT2D eigenvalue weighted by molar-refractivity contribution is -0.912. The molecule has 412 valence electrons. The fraction of sp³-hybridized carbons (Fsp3) is 0.418. The van der Waals surface area contributed by atoms with E-state index in [0.717, 1.165) is 22.3 Å². The van der Waals surface area contributed by atoms with Gasteiger partial charge in [0.15, 0.2) is 12.2 Å². The van der Waals surface area contributed by atoms with Gasteiger partial charge in [-0.1, -0.05) is 121 Å². The number of aliphatic hydroxyl groups is 3. The SMILES string of the molecule is C[N+](C)(CCO)CC(COC(=O)CC(=O)OCc1ccccc1)OC(=O)CC(=O)OCc1ccccc1.C[N+](CCO)(CCO)CC(COC(=O)CC(=O)OCc1ccccc1)OC(=O)CC(=O)OCc1ccccc1. The second-order valence-electron chi connectivity index (χ2n) is 18.1. The van der Waals surface area contributed by atoms with Crippen molar-refractivity contribution in [2.45, 2.75) is 64.3 Å². The van der Waals surface area contributed by atoms with E-state index in [2.05, 4.69) is 0 Å². The number of esters is 8. The van der Waals surface area contributed by atoms with Crippen molar-refractivity contribution in [2.24, 2.45) is 0 Å². The van der Waals surface area contributed by atoms with Gasteiger partial charge < -0.3 is 62.2 Å². The topological polar surface area (TPSA) is 271 Å². The third-order valence-corrected chi connectivity index (χ3v) is 10.9. The zero-order valence-corrected chi connectivity index (χ0v) is 43.2. The second kappa shape index (κ2) is 34.8. The Kier molecular flexibility index (Phi) is 28.8. The number of rotatable bonds is 32. The standard InChI is InChI=1S/C28H36NO10.C27H34NO9/c1-29(12-14-30,13-15-31)18-24(39-28(35)17-27(34)37-20-23-10-6-3-7-11-23)21-38-26(33)16-25(32)36-19-22-8-4-2-5-9-22;1-28(2,13-14-29)17-23(37-27(33)16-26(32)35-19-22-11-7-4-8-12-22)20-36-25(31)15-24(30)34-18-21-9-5-3-6-10-21/h2-11,24,30-31H,12-21H2,1H3;3-12,23,29H,13-20H2,1-2H3/q2*+1. The molecule has 4 aromatic carbocycles. The summed E-state index contributed by atoms with van der Waals surface area (Å²) >= 11 is 0. The number of hydrogen-bond acceptors (Lipinski definition) is 19. The summed E-state index contributed by atoms with van der Waals surface area (Å²) in [6.45, 7) is -0.110. The molecule has 0 aliphatic rings. The molecular weight excluding hydrogens is 993 g/mol. The Morgan fingerprint density at radius 3 is 0.921 bits per heavy atom. The minimum atomic E-state index is -1.02. The first kappa shape index (κ1) is 62.7. The molecule has 0 aromatic heterocycles. The molecule has 0 aliphatic heterocycles. The number of likely N-dealkylation sites (N-methyl/N-ethyl adjacent to an activating group) is 2. The molecular formula is C55H70N2O19+2. The molecule has 21 nitrogen and oxygen atoms in total. The number of carbonyl (C=O) groups is 8. The molecule has 0 fully saturated rings. The molecule has 0 amide bonds. The van der Waals surface area contributed by atoms with Crippen molar-refractivity contribution in [3.63, 3.8) is 0 Å². The van der Waals surface area contributed by atoms with Crippen molar-refractivity contribution in [3.8, 4) is 0 Å². The van der Waals surface area contributed by atoms with Crippen molar-refractivity contribution in [3.05, 3.63) is 144 Å². The highest BCUT2D eigenvalue weighted by atomic mass is 16.6. The number of aliphatic hydroxyl groups excluding tert-OH is 3. The summed E-state index contributed by atoms with van der Waals surface area (Å²) in [6.07, 6.45) is -4.46. The molecule has 0 saturated carbocycles. The molecule has 0 bridgehead atoms. The summed E-state index contributed by atoms with van der Waals surface area (Å²) in [7, 11) is 5.33. The quantitative estimate of drug-likeness (QED) is 0.0275. The van der Waals surface area contributed by atoms with Crippen LogP contribution in [0.5, 0.6) is 0 Å². The minimum Gasteiger partial charge on any atom is -0.461 e. The number of quaternary nitrogens is 2. The highest BCUT2D eigenvalue weighted by molar-refractivity contribution is 5.93.